The van der Waals surface area contributed by atoms with Gasteiger partial charge in [-0.3, -0.25) is 14.8 Å². The predicted molar refractivity (Wildman–Crippen MR) is 63.4 cm³/mol. The van der Waals surface area contributed by atoms with E-state index >= 15 is 0 Å². The lowest BCUT2D eigenvalue weighted by Crippen LogP contribution is -2.06. The molecule has 0 aliphatic rings. The van der Waals surface area contributed by atoms with Crippen molar-refractivity contribution in [3.8, 4) is 6.07 Å². The van der Waals surface area contributed by atoms with Crippen LogP contribution >= 0.6 is 0 Å². The number of rotatable bonds is 2. The zero-order valence-corrected chi connectivity index (χ0v) is 10.1. The maximum Gasteiger partial charge on any atom is 0.344 e. The highest BCUT2D eigenvalue weighted by Crippen LogP contribution is 2.28. The number of fused-ring (bicyclic) bond motifs is 1. The lowest BCUT2D eigenvalue weighted by atomic mass is 10.1. The van der Waals surface area contributed by atoms with Crippen LogP contribution in [0.4, 0.5) is 5.69 Å². The van der Waals surface area contributed by atoms with Gasteiger partial charge in [0.2, 0.25) is 0 Å². The number of nitro groups is 1. The minimum absolute atomic E-state index is 0.0667. The molecule has 2 rings (SSSR count). The van der Waals surface area contributed by atoms with Gasteiger partial charge in [-0.05, 0) is 6.07 Å². The smallest absolute Gasteiger partial charge is 0.344 e. The van der Waals surface area contributed by atoms with E-state index in [1.165, 1.54) is 10.7 Å². The second-order valence-corrected chi connectivity index (χ2v) is 3.72. The van der Waals surface area contributed by atoms with E-state index in [1.807, 2.05) is 6.07 Å². The summed E-state index contributed by atoms with van der Waals surface area (Å²) in [5.41, 5.74) is -0.0732. The third-order valence-corrected chi connectivity index (χ3v) is 2.68. The van der Waals surface area contributed by atoms with Crippen molar-refractivity contribution in [2.24, 2.45) is 7.05 Å². The summed E-state index contributed by atoms with van der Waals surface area (Å²) in [7, 11) is 2.72. The number of hydrogen-bond acceptors (Lipinski definition) is 6. The summed E-state index contributed by atoms with van der Waals surface area (Å²) in [6.07, 6.45) is 0. The number of nitriles is 1. The SMILES string of the molecule is COC(=O)c1cc2c(cc1[N+](=O)[O-])c(C#N)nn2C. The minimum Gasteiger partial charge on any atom is -0.465 e. The Balaban J connectivity index is 2.86. The molecule has 0 spiro atoms. The first-order chi connectivity index (χ1) is 8.99. The molecule has 96 valence electrons. The summed E-state index contributed by atoms with van der Waals surface area (Å²) in [5.74, 6) is -0.812. The van der Waals surface area contributed by atoms with Crippen molar-refractivity contribution in [1.29, 1.82) is 5.26 Å². The van der Waals surface area contributed by atoms with Crippen LogP contribution in [-0.2, 0) is 11.8 Å². The number of nitrogens with zero attached hydrogens (tertiary/aromatic N) is 4. The molecule has 1 aromatic carbocycles. The molecular formula is C11H8N4O4. The summed E-state index contributed by atoms with van der Waals surface area (Å²) in [5, 5.41) is 24.1. The maximum absolute atomic E-state index is 11.5. The van der Waals surface area contributed by atoms with Gasteiger partial charge in [0, 0.05) is 18.5 Å². The standard InChI is InChI=1S/C11H8N4O4/c1-14-9-4-7(11(16)19-2)10(15(17)18)3-6(9)8(5-12)13-14/h3-4H,1-2H3. The normalized spacial score (nSPS) is 10.2. The molecule has 0 radical (unpaired) electrons. The number of hydrogen-bond donors (Lipinski definition) is 0. The fraction of sp³-hybridized carbons (Fsp3) is 0.182. The van der Waals surface area contributed by atoms with Crippen molar-refractivity contribution >= 4 is 22.6 Å². The van der Waals surface area contributed by atoms with Gasteiger partial charge in [-0.1, -0.05) is 0 Å². The number of methoxy groups -OCH3 is 1. The van der Waals surface area contributed by atoms with Gasteiger partial charge in [-0.15, -0.1) is 0 Å². The Morgan fingerprint density at radius 2 is 2.26 bits per heavy atom. The Labute approximate surface area is 107 Å². The average molecular weight is 260 g/mol. The average Bonchev–Trinajstić information content (AvgIpc) is 2.72. The zero-order chi connectivity index (χ0) is 14.2. The molecule has 0 bridgehead atoms. The van der Waals surface area contributed by atoms with Gasteiger partial charge in [0.25, 0.3) is 5.69 Å². The third kappa shape index (κ3) is 1.87. The number of benzene rings is 1. The Hall–Kier alpha value is -2.95. The highest BCUT2D eigenvalue weighted by atomic mass is 16.6. The van der Waals surface area contributed by atoms with Gasteiger partial charge in [-0.2, -0.15) is 10.4 Å². The van der Waals surface area contributed by atoms with E-state index in [4.69, 9.17) is 5.26 Å². The number of ether oxygens (including phenoxy) is 1. The molecule has 0 saturated heterocycles. The molecule has 8 heteroatoms. The monoisotopic (exact) mass is 260 g/mol. The molecule has 19 heavy (non-hydrogen) atoms. The van der Waals surface area contributed by atoms with Gasteiger partial charge in [0.1, 0.15) is 11.6 Å². The van der Waals surface area contributed by atoms with E-state index in [2.05, 4.69) is 9.84 Å². The van der Waals surface area contributed by atoms with Crippen LogP contribution in [0.1, 0.15) is 16.1 Å². The van der Waals surface area contributed by atoms with Crippen molar-refractivity contribution in [1.82, 2.24) is 9.78 Å². The van der Waals surface area contributed by atoms with Crippen molar-refractivity contribution in [2.75, 3.05) is 7.11 Å². The van der Waals surface area contributed by atoms with Crippen molar-refractivity contribution in [2.45, 2.75) is 0 Å². The zero-order valence-electron chi connectivity index (χ0n) is 10.1. The first-order valence-electron chi connectivity index (χ1n) is 5.13. The summed E-state index contributed by atoms with van der Waals surface area (Å²) < 4.78 is 5.89. The number of carbonyl (C=O) groups is 1. The second kappa shape index (κ2) is 4.38. The highest BCUT2D eigenvalue weighted by Gasteiger charge is 2.24. The topological polar surface area (TPSA) is 111 Å². The van der Waals surface area contributed by atoms with Crippen LogP contribution in [0, 0.1) is 21.4 Å². The van der Waals surface area contributed by atoms with Crippen LogP contribution < -0.4 is 0 Å². The first kappa shape index (κ1) is 12.5. The third-order valence-electron chi connectivity index (χ3n) is 2.68. The van der Waals surface area contributed by atoms with Crippen molar-refractivity contribution in [3.63, 3.8) is 0 Å². The fourth-order valence-electron chi connectivity index (χ4n) is 1.80. The van der Waals surface area contributed by atoms with Crippen molar-refractivity contribution < 1.29 is 14.5 Å². The lowest BCUT2D eigenvalue weighted by Gasteiger charge is -2.02. The molecule has 1 aromatic heterocycles. The molecule has 0 N–H and O–H groups in total. The van der Waals surface area contributed by atoms with E-state index < -0.39 is 16.6 Å². The molecule has 0 aliphatic carbocycles. The van der Waals surface area contributed by atoms with E-state index in [0.29, 0.717) is 10.9 Å². The van der Waals surface area contributed by atoms with Crippen molar-refractivity contribution in [3.05, 3.63) is 33.5 Å². The van der Waals surface area contributed by atoms with Crippen LogP contribution in [0.25, 0.3) is 10.9 Å². The van der Waals surface area contributed by atoms with E-state index in [1.54, 1.807) is 7.05 Å². The number of aromatic nitrogens is 2. The molecule has 8 nitrogen and oxygen atoms in total. The molecule has 1 heterocycles. The number of nitro benzene ring substituents is 1. The molecule has 0 fully saturated rings. The molecule has 0 saturated carbocycles. The minimum atomic E-state index is -0.812. The van der Waals surface area contributed by atoms with Crippen LogP contribution in [-0.4, -0.2) is 27.8 Å². The quantitative estimate of drug-likeness (QED) is 0.454. The summed E-state index contributed by atoms with van der Waals surface area (Å²) >= 11 is 0. The van der Waals surface area contributed by atoms with Gasteiger partial charge in [-0.25, -0.2) is 4.79 Å². The van der Waals surface area contributed by atoms with Gasteiger partial charge >= 0.3 is 5.97 Å². The van der Waals surface area contributed by atoms with E-state index in [9.17, 15) is 14.9 Å². The van der Waals surface area contributed by atoms with Crippen LogP contribution in [0.2, 0.25) is 0 Å². The summed E-state index contributed by atoms with van der Waals surface area (Å²) in [4.78, 5) is 21.8. The molecule has 0 unspecified atom stereocenters. The maximum atomic E-state index is 11.5. The molecule has 2 aromatic rings. The highest BCUT2D eigenvalue weighted by molar-refractivity contribution is 6.00. The molecule has 0 amide bonds. The van der Waals surface area contributed by atoms with E-state index in [0.717, 1.165) is 13.2 Å². The lowest BCUT2D eigenvalue weighted by molar-refractivity contribution is -0.385. The van der Waals surface area contributed by atoms with Crippen LogP contribution in [0.15, 0.2) is 12.1 Å². The summed E-state index contributed by atoms with van der Waals surface area (Å²) in [6, 6.07) is 4.31. The number of carbonyl (C=O) groups excluding carboxylic acids is 1. The van der Waals surface area contributed by atoms with Crippen LogP contribution in [0.5, 0.6) is 0 Å². The number of esters is 1. The molecular weight excluding hydrogens is 252 g/mol. The Morgan fingerprint density at radius 1 is 1.58 bits per heavy atom. The Bertz CT molecular complexity index is 741. The van der Waals surface area contributed by atoms with Gasteiger partial charge < -0.3 is 4.74 Å². The first-order valence-corrected chi connectivity index (χ1v) is 5.13. The Kier molecular flexibility index (Phi) is 2.88. The second-order valence-electron chi connectivity index (χ2n) is 3.72. The molecule has 0 atom stereocenters. The van der Waals surface area contributed by atoms with Gasteiger partial charge in [0.15, 0.2) is 5.69 Å². The predicted octanol–water partition coefficient (Wildman–Crippen LogP) is 1.14. The number of aryl methyl sites for hydroxylation is 1. The largest absolute Gasteiger partial charge is 0.465 e. The van der Waals surface area contributed by atoms with E-state index in [-0.39, 0.29) is 11.3 Å². The molecule has 0 aliphatic heterocycles. The van der Waals surface area contributed by atoms with Crippen LogP contribution in [0.3, 0.4) is 0 Å². The Morgan fingerprint density at radius 3 is 2.79 bits per heavy atom. The summed E-state index contributed by atoms with van der Waals surface area (Å²) in [6.45, 7) is 0. The van der Waals surface area contributed by atoms with Gasteiger partial charge in [0.05, 0.1) is 17.5 Å². The fourth-order valence-corrected chi connectivity index (χ4v) is 1.80.